The molecule has 5 nitrogen and oxygen atoms in total. The van der Waals surface area contributed by atoms with Crippen molar-refractivity contribution >= 4 is 17.6 Å². The van der Waals surface area contributed by atoms with Crippen LogP contribution in [0, 0.1) is 5.82 Å². The zero-order chi connectivity index (χ0) is 16.9. The van der Waals surface area contributed by atoms with E-state index in [9.17, 15) is 9.18 Å². The van der Waals surface area contributed by atoms with E-state index in [-0.39, 0.29) is 17.2 Å². The Balaban J connectivity index is 1.60. The molecule has 2 amide bonds. The molecule has 1 aromatic heterocycles. The van der Waals surface area contributed by atoms with Gasteiger partial charge in [0.25, 0.3) is 0 Å². The summed E-state index contributed by atoms with van der Waals surface area (Å²) in [6.45, 7) is 1.66. The van der Waals surface area contributed by atoms with Crippen molar-refractivity contribution in [2.24, 2.45) is 0 Å². The molecular weight excluding hydrogens is 333 g/mol. The van der Waals surface area contributed by atoms with Gasteiger partial charge in [-0.25, -0.2) is 9.18 Å². The van der Waals surface area contributed by atoms with E-state index in [0.29, 0.717) is 26.2 Å². The van der Waals surface area contributed by atoms with Gasteiger partial charge in [-0.05, 0) is 29.8 Å². The molecule has 1 aliphatic rings. The lowest BCUT2D eigenvalue weighted by Crippen LogP contribution is -2.47. The first kappa shape index (κ1) is 16.7. The van der Waals surface area contributed by atoms with E-state index < -0.39 is 5.82 Å². The topological polar surface area (TPSA) is 54.5 Å². The summed E-state index contributed by atoms with van der Waals surface area (Å²) in [4.78, 5) is 18.2. The van der Waals surface area contributed by atoms with E-state index in [4.69, 9.17) is 16.3 Å². The number of aromatic nitrogens is 1. The number of nitrogens with one attached hydrogen (secondary N) is 1. The van der Waals surface area contributed by atoms with Crippen LogP contribution in [0.4, 0.5) is 9.18 Å². The average molecular weight is 350 g/mol. The third-order valence-electron chi connectivity index (χ3n) is 3.82. The minimum atomic E-state index is -0.471. The predicted molar refractivity (Wildman–Crippen MR) is 88.1 cm³/mol. The third-order valence-corrected chi connectivity index (χ3v) is 4.11. The van der Waals surface area contributed by atoms with Crippen molar-refractivity contribution < 1.29 is 13.9 Å². The Bertz CT molecular complexity index is 714. The smallest absolute Gasteiger partial charge is 0.317 e. The van der Waals surface area contributed by atoms with E-state index >= 15 is 0 Å². The Kier molecular flexibility index (Phi) is 5.27. The molecule has 0 bridgehead atoms. The Morgan fingerprint density at radius 2 is 2.29 bits per heavy atom. The lowest BCUT2D eigenvalue weighted by atomic mass is 10.1. The normalized spacial score (nSPS) is 17.6. The molecule has 0 aliphatic carbocycles. The summed E-state index contributed by atoms with van der Waals surface area (Å²) in [5.74, 6) is -0.471. The summed E-state index contributed by atoms with van der Waals surface area (Å²) in [7, 11) is 0. The summed E-state index contributed by atoms with van der Waals surface area (Å²) in [5, 5.41) is 2.89. The Labute approximate surface area is 144 Å². The molecule has 1 atom stereocenters. The lowest BCUT2D eigenvalue weighted by Gasteiger charge is -2.33. The van der Waals surface area contributed by atoms with Crippen molar-refractivity contribution in [3.63, 3.8) is 0 Å². The molecule has 2 heterocycles. The molecule has 1 aliphatic heterocycles. The van der Waals surface area contributed by atoms with Gasteiger partial charge in [-0.15, -0.1) is 0 Å². The first-order valence-corrected chi connectivity index (χ1v) is 8.00. The Morgan fingerprint density at radius 1 is 1.42 bits per heavy atom. The Morgan fingerprint density at radius 3 is 3.04 bits per heavy atom. The number of hydrogen-bond donors (Lipinski definition) is 1. The maximum atomic E-state index is 13.3. The first-order valence-electron chi connectivity index (χ1n) is 7.63. The van der Waals surface area contributed by atoms with E-state index in [1.807, 2.05) is 18.2 Å². The number of ether oxygens (including phenoxy) is 1. The molecule has 3 rings (SSSR count). The highest BCUT2D eigenvalue weighted by molar-refractivity contribution is 6.30. The minimum absolute atomic E-state index is 0.0489. The molecule has 1 aromatic carbocycles. The molecule has 2 aromatic rings. The van der Waals surface area contributed by atoms with Crippen LogP contribution in [0.1, 0.15) is 17.4 Å². The van der Waals surface area contributed by atoms with Crippen LogP contribution in [0.25, 0.3) is 0 Å². The standard InChI is InChI=1S/C17H17ClFN3O2/c18-14-9-12(4-5-15(14)19)16-11-22(7-8-24-16)17(23)21-10-13-3-1-2-6-20-13/h1-6,9,16H,7-8,10-11H2,(H,21,23)/t16-/m0/s1. The summed E-state index contributed by atoms with van der Waals surface area (Å²) >= 11 is 5.82. The van der Waals surface area contributed by atoms with Crippen molar-refractivity contribution in [1.82, 2.24) is 15.2 Å². The number of amides is 2. The fraction of sp³-hybridized carbons (Fsp3) is 0.294. The molecule has 7 heteroatoms. The van der Waals surface area contributed by atoms with Crippen LogP contribution in [0.15, 0.2) is 42.6 Å². The van der Waals surface area contributed by atoms with Crippen molar-refractivity contribution in [2.75, 3.05) is 19.7 Å². The molecular formula is C17H17ClFN3O2. The van der Waals surface area contributed by atoms with Crippen molar-refractivity contribution in [2.45, 2.75) is 12.6 Å². The van der Waals surface area contributed by atoms with Gasteiger partial charge in [0.1, 0.15) is 11.9 Å². The number of pyridine rings is 1. The second-order valence-corrected chi connectivity index (χ2v) is 5.87. The molecule has 0 spiro atoms. The van der Waals surface area contributed by atoms with E-state index in [2.05, 4.69) is 10.3 Å². The zero-order valence-corrected chi connectivity index (χ0v) is 13.7. The highest BCUT2D eigenvalue weighted by atomic mass is 35.5. The third kappa shape index (κ3) is 4.01. The van der Waals surface area contributed by atoms with Crippen molar-refractivity contribution in [1.29, 1.82) is 0 Å². The largest absolute Gasteiger partial charge is 0.370 e. The number of urea groups is 1. The number of halogens is 2. The highest BCUT2D eigenvalue weighted by Crippen LogP contribution is 2.26. The number of carbonyl (C=O) groups excluding carboxylic acids is 1. The fourth-order valence-corrected chi connectivity index (χ4v) is 2.72. The van der Waals surface area contributed by atoms with Gasteiger partial charge in [0.15, 0.2) is 0 Å². The van der Waals surface area contributed by atoms with Gasteiger partial charge in [-0.2, -0.15) is 0 Å². The predicted octanol–water partition coefficient (Wildman–Crippen LogP) is 3.16. The van der Waals surface area contributed by atoms with E-state index in [1.54, 1.807) is 17.2 Å². The van der Waals surface area contributed by atoms with Gasteiger partial charge in [-0.3, -0.25) is 4.98 Å². The second-order valence-electron chi connectivity index (χ2n) is 5.46. The number of hydrogen-bond acceptors (Lipinski definition) is 3. The summed E-state index contributed by atoms with van der Waals surface area (Å²) in [6.07, 6.45) is 1.36. The first-order chi connectivity index (χ1) is 11.6. The fourth-order valence-electron chi connectivity index (χ4n) is 2.53. The van der Waals surface area contributed by atoms with E-state index in [0.717, 1.165) is 11.3 Å². The lowest BCUT2D eigenvalue weighted by molar-refractivity contribution is -0.0155. The quantitative estimate of drug-likeness (QED) is 0.926. The molecule has 126 valence electrons. The maximum absolute atomic E-state index is 13.3. The van der Waals surface area contributed by atoms with Crippen LogP contribution < -0.4 is 5.32 Å². The van der Waals surface area contributed by atoms with E-state index in [1.165, 1.54) is 12.1 Å². The van der Waals surface area contributed by atoms with Gasteiger partial charge in [0.05, 0.1) is 30.4 Å². The molecule has 0 radical (unpaired) electrons. The monoisotopic (exact) mass is 349 g/mol. The van der Waals surface area contributed by atoms with Gasteiger partial charge < -0.3 is 15.0 Å². The van der Waals surface area contributed by atoms with Gasteiger partial charge in [0, 0.05) is 12.7 Å². The van der Waals surface area contributed by atoms with Crippen molar-refractivity contribution in [3.8, 4) is 0 Å². The summed E-state index contributed by atoms with van der Waals surface area (Å²) in [6, 6.07) is 9.84. The molecule has 24 heavy (non-hydrogen) atoms. The number of benzene rings is 1. The van der Waals surface area contributed by atoms with Gasteiger partial charge in [0.2, 0.25) is 0 Å². The zero-order valence-electron chi connectivity index (χ0n) is 12.9. The van der Waals surface area contributed by atoms with Crippen LogP contribution in [-0.2, 0) is 11.3 Å². The highest BCUT2D eigenvalue weighted by Gasteiger charge is 2.25. The number of carbonyl (C=O) groups is 1. The van der Waals surface area contributed by atoms with Gasteiger partial charge in [-0.1, -0.05) is 23.7 Å². The van der Waals surface area contributed by atoms with Crippen LogP contribution in [0.5, 0.6) is 0 Å². The number of rotatable bonds is 3. The number of morpholine rings is 1. The molecule has 1 fully saturated rings. The Hall–Kier alpha value is -2.18. The molecule has 0 saturated carbocycles. The van der Waals surface area contributed by atoms with Crippen LogP contribution in [-0.4, -0.2) is 35.6 Å². The summed E-state index contributed by atoms with van der Waals surface area (Å²) in [5.41, 5.74) is 1.55. The van der Waals surface area contributed by atoms with Crippen LogP contribution in [0.3, 0.4) is 0 Å². The van der Waals surface area contributed by atoms with Crippen LogP contribution >= 0.6 is 11.6 Å². The molecule has 0 unspecified atom stereocenters. The molecule has 1 saturated heterocycles. The molecule has 1 N–H and O–H groups in total. The summed E-state index contributed by atoms with van der Waals surface area (Å²) < 4.78 is 19.0. The minimum Gasteiger partial charge on any atom is -0.370 e. The van der Waals surface area contributed by atoms with Gasteiger partial charge >= 0.3 is 6.03 Å². The second kappa shape index (κ2) is 7.59. The number of nitrogens with zero attached hydrogens (tertiary/aromatic N) is 2. The van der Waals surface area contributed by atoms with Crippen LogP contribution in [0.2, 0.25) is 5.02 Å². The average Bonchev–Trinajstić information content (AvgIpc) is 2.63. The maximum Gasteiger partial charge on any atom is 0.317 e. The van der Waals surface area contributed by atoms with Crippen molar-refractivity contribution in [3.05, 3.63) is 64.7 Å². The SMILES string of the molecule is O=C(NCc1ccccn1)N1CCO[C@H](c2ccc(F)c(Cl)c2)C1.